The number of hydrogen-bond donors (Lipinski definition) is 0. The van der Waals surface area contributed by atoms with Gasteiger partial charge in [0.1, 0.15) is 5.60 Å². The van der Waals surface area contributed by atoms with Crippen molar-refractivity contribution in [2.45, 2.75) is 52.6 Å². The molecule has 1 aromatic carbocycles. The predicted octanol–water partition coefficient (Wildman–Crippen LogP) is 4.53. The van der Waals surface area contributed by atoms with Gasteiger partial charge in [0.2, 0.25) is 11.7 Å². The van der Waals surface area contributed by atoms with Crippen molar-refractivity contribution in [3.63, 3.8) is 0 Å². The smallest absolute Gasteiger partial charge is 0.307 e. The van der Waals surface area contributed by atoms with Crippen LogP contribution in [0.3, 0.4) is 0 Å². The normalized spacial score (nSPS) is 13.0. The molecule has 0 amide bonds. The molecule has 2 aromatic rings. The van der Waals surface area contributed by atoms with Gasteiger partial charge in [-0.2, -0.15) is 4.98 Å². The Bertz CT molecular complexity index is 704. The molecule has 124 valence electrons. The molecule has 6 heteroatoms. The molecule has 1 heterocycles. The molecule has 0 N–H and O–H groups in total. The van der Waals surface area contributed by atoms with Crippen LogP contribution >= 0.6 is 11.6 Å². The van der Waals surface area contributed by atoms with E-state index in [1.165, 1.54) is 0 Å². The van der Waals surface area contributed by atoms with E-state index >= 15 is 0 Å². The van der Waals surface area contributed by atoms with Crippen molar-refractivity contribution in [2.24, 2.45) is 0 Å². The molecular formula is C17H21ClN2O3. The van der Waals surface area contributed by atoms with Gasteiger partial charge in [-0.05, 0) is 51.5 Å². The van der Waals surface area contributed by atoms with Crippen LogP contribution in [-0.2, 0) is 9.53 Å². The van der Waals surface area contributed by atoms with Crippen molar-refractivity contribution in [1.82, 2.24) is 10.1 Å². The minimum atomic E-state index is -0.502. The summed E-state index contributed by atoms with van der Waals surface area (Å²) in [4.78, 5) is 16.2. The molecule has 0 fully saturated rings. The van der Waals surface area contributed by atoms with E-state index in [2.05, 4.69) is 10.1 Å². The van der Waals surface area contributed by atoms with Crippen LogP contribution in [0.5, 0.6) is 0 Å². The number of carbonyl (C=O) groups is 1. The summed E-state index contributed by atoms with van der Waals surface area (Å²) >= 11 is 6.02. The first-order valence-electron chi connectivity index (χ1n) is 7.47. The second-order valence-corrected chi connectivity index (χ2v) is 7.02. The third-order valence-electron chi connectivity index (χ3n) is 3.17. The van der Waals surface area contributed by atoms with Gasteiger partial charge in [-0.1, -0.05) is 23.7 Å². The lowest BCUT2D eigenvalue weighted by molar-refractivity contribution is -0.155. The molecule has 0 spiro atoms. The van der Waals surface area contributed by atoms with E-state index in [0.29, 0.717) is 16.7 Å². The maximum atomic E-state index is 11.9. The van der Waals surface area contributed by atoms with Crippen LogP contribution in [-0.4, -0.2) is 21.7 Å². The zero-order valence-electron chi connectivity index (χ0n) is 14.0. The van der Waals surface area contributed by atoms with Gasteiger partial charge in [-0.15, -0.1) is 0 Å². The summed E-state index contributed by atoms with van der Waals surface area (Å²) in [5, 5.41) is 4.67. The number of aromatic nitrogens is 2. The van der Waals surface area contributed by atoms with Crippen molar-refractivity contribution in [1.29, 1.82) is 0 Å². The van der Waals surface area contributed by atoms with E-state index in [1.807, 2.05) is 46.8 Å². The molecule has 0 radical (unpaired) electrons. The van der Waals surface area contributed by atoms with Crippen molar-refractivity contribution < 1.29 is 14.1 Å². The summed E-state index contributed by atoms with van der Waals surface area (Å²) in [5.41, 5.74) is 1.26. The third kappa shape index (κ3) is 4.79. The number of nitrogens with zero attached hydrogens (tertiary/aromatic N) is 2. The maximum Gasteiger partial charge on any atom is 0.307 e. The highest BCUT2D eigenvalue weighted by Crippen LogP contribution is 2.25. The minimum absolute atomic E-state index is 0.193. The highest BCUT2D eigenvalue weighted by molar-refractivity contribution is 6.31. The van der Waals surface area contributed by atoms with Crippen LogP contribution in [0.4, 0.5) is 0 Å². The summed E-state index contributed by atoms with van der Waals surface area (Å²) in [6.45, 7) is 9.28. The summed E-state index contributed by atoms with van der Waals surface area (Å²) < 4.78 is 10.6. The van der Waals surface area contributed by atoms with Crippen molar-refractivity contribution in [3.8, 4) is 11.4 Å². The second kappa shape index (κ2) is 6.71. The van der Waals surface area contributed by atoms with E-state index in [0.717, 1.165) is 11.1 Å². The Balaban J connectivity index is 2.09. The lowest BCUT2D eigenvalue weighted by atomic mass is 10.1. The van der Waals surface area contributed by atoms with Crippen molar-refractivity contribution >= 4 is 17.6 Å². The summed E-state index contributed by atoms with van der Waals surface area (Å²) in [7, 11) is 0. The van der Waals surface area contributed by atoms with Gasteiger partial charge < -0.3 is 9.26 Å². The number of carbonyl (C=O) groups excluding carboxylic acids is 1. The first-order valence-corrected chi connectivity index (χ1v) is 7.85. The number of rotatable bonds is 4. The molecule has 0 saturated carbocycles. The lowest BCUT2D eigenvalue weighted by Gasteiger charge is -2.20. The summed E-state index contributed by atoms with van der Waals surface area (Å²) in [5.74, 6) is 0.404. The topological polar surface area (TPSA) is 65.2 Å². The first kappa shape index (κ1) is 17.5. The van der Waals surface area contributed by atoms with Crippen LogP contribution < -0.4 is 0 Å². The molecule has 0 aliphatic carbocycles. The zero-order valence-corrected chi connectivity index (χ0v) is 14.8. The molecule has 1 aromatic heterocycles. The predicted molar refractivity (Wildman–Crippen MR) is 88.4 cm³/mol. The number of aryl methyl sites for hydroxylation is 1. The number of benzene rings is 1. The van der Waals surface area contributed by atoms with E-state index in [1.54, 1.807) is 6.07 Å². The standard InChI is InChI=1S/C17H21ClN2O3/c1-10-8-12(6-7-13(10)18)15-19-16(23-20-15)11(2)9-14(21)22-17(3,4)5/h6-8,11H,9H2,1-5H3/t11-/m1/s1. The van der Waals surface area contributed by atoms with Gasteiger partial charge in [0.05, 0.1) is 6.42 Å². The van der Waals surface area contributed by atoms with E-state index in [4.69, 9.17) is 20.9 Å². The Labute approximate surface area is 141 Å². The van der Waals surface area contributed by atoms with Crippen LogP contribution in [0.15, 0.2) is 22.7 Å². The quantitative estimate of drug-likeness (QED) is 0.767. The van der Waals surface area contributed by atoms with Gasteiger partial charge >= 0.3 is 5.97 Å². The van der Waals surface area contributed by atoms with E-state index in [-0.39, 0.29) is 18.3 Å². The fourth-order valence-electron chi connectivity index (χ4n) is 2.06. The molecule has 23 heavy (non-hydrogen) atoms. The highest BCUT2D eigenvalue weighted by Gasteiger charge is 2.22. The van der Waals surface area contributed by atoms with Gasteiger partial charge in [-0.3, -0.25) is 4.79 Å². The molecule has 1 atom stereocenters. The summed E-state index contributed by atoms with van der Waals surface area (Å²) in [6.07, 6.45) is 0.193. The molecule has 0 unspecified atom stereocenters. The summed E-state index contributed by atoms with van der Waals surface area (Å²) in [6, 6.07) is 5.53. The fourth-order valence-corrected chi connectivity index (χ4v) is 2.17. The van der Waals surface area contributed by atoms with Crippen molar-refractivity contribution in [3.05, 3.63) is 34.7 Å². The molecule has 0 saturated heterocycles. The Kier molecular flexibility index (Phi) is 5.09. The van der Waals surface area contributed by atoms with Gasteiger partial charge in [-0.25, -0.2) is 0 Å². The van der Waals surface area contributed by atoms with Gasteiger partial charge in [0.15, 0.2) is 0 Å². The molecule has 0 aliphatic heterocycles. The minimum Gasteiger partial charge on any atom is -0.460 e. The largest absolute Gasteiger partial charge is 0.460 e. The Morgan fingerprint density at radius 2 is 2.09 bits per heavy atom. The van der Waals surface area contributed by atoms with Crippen LogP contribution in [0.1, 0.15) is 51.5 Å². The number of ether oxygens (including phenoxy) is 1. The Hall–Kier alpha value is -1.88. The second-order valence-electron chi connectivity index (χ2n) is 6.61. The Morgan fingerprint density at radius 3 is 2.70 bits per heavy atom. The van der Waals surface area contributed by atoms with Gasteiger partial charge in [0.25, 0.3) is 0 Å². The third-order valence-corrected chi connectivity index (χ3v) is 3.60. The number of hydrogen-bond acceptors (Lipinski definition) is 5. The Morgan fingerprint density at radius 1 is 1.39 bits per heavy atom. The molecule has 2 rings (SSSR count). The maximum absolute atomic E-state index is 11.9. The van der Waals surface area contributed by atoms with Crippen molar-refractivity contribution in [2.75, 3.05) is 0 Å². The van der Waals surface area contributed by atoms with Crippen LogP contribution in [0, 0.1) is 6.92 Å². The number of halogens is 1. The first-order chi connectivity index (χ1) is 10.7. The fraction of sp³-hybridized carbons (Fsp3) is 0.471. The zero-order chi connectivity index (χ0) is 17.2. The van der Waals surface area contributed by atoms with E-state index in [9.17, 15) is 4.79 Å². The average Bonchev–Trinajstić information content (AvgIpc) is 2.89. The lowest BCUT2D eigenvalue weighted by Crippen LogP contribution is -2.24. The van der Waals surface area contributed by atoms with Gasteiger partial charge in [0, 0.05) is 16.5 Å². The molecule has 0 aliphatic rings. The van der Waals surface area contributed by atoms with Crippen LogP contribution in [0.2, 0.25) is 5.02 Å². The highest BCUT2D eigenvalue weighted by atomic mass is 35.5. The number of esters is 1. The monoisotopic (exact) mass is 336 g/mol. The molecule has 0 bridgehead atoms. The average molecular weight is 337 g/mol. The van der Waals surface area contributed by atoms with Crippen LogP contribution in [0.25, 0.3) is 11.4 Å². The van der Waals surface area contributed by atoms with E-state index < -0.39 is 5.60 Å². The molecule has 5 nitrogen and oxygen atoms in total. The SMILES string of the molecule is Cc1cc(-c2noc([C@H](C)CC(=O)OC(C)(C)C)n2)ccc1Cl. The molecular weight excluding hydrogens is 316 g/mol.